The van der Waals surface area contributed by atoms with Gasteiger partial charge < -0.3 is 49.8 Å². The number of nitrogens with two attached hydrogens (primary N) is 1. The number of benzene rings is 1. The number of aromatic hydroxyl groups is 1. The molecule has 2 saturated heterocycles. The summed E-state index contributed by atoms with van der Waals surface area (Å²) in [5.74, 6) is 4.24. The van der Waals surface area contributed by atoms with Gasteiger partial charge in [-0.05, 0) is 30.0 Å². The van der Waals surface area contributed by atoms with Gasteiger partial charge in [0.1, 0.15) is 18.4 Å². The smallest absolute Gasteiger partial charge is 0.247 e. The van der Waals surface area contributed by atoms with E-state index in [0.717, 1.165) is 12.0 Å². The summed E-state index contributed by atoms with van der Waals surface area (Å²) in [6, 6.07) is 6.01. The van der Waals surface area contributed by atoms with E-state index in [4.69, 9.17) is 46.1 Å². The summed E-state index contributed by atoms with van der Waals surface area (Å²) in [6.45, 7) is 11.9. The summed E-state index contributed by atoms with van der Waals surface area (Å²) in [5, 5.41) is 21.6. The molecule has 17 heteroatoms. The molecule has 1 aromatic carbocycles. The maximum absolute atomic E-state index is 14.1. The van der Waals surface area contributed by atoms with E-state index in [-0.39, 0.29) is 24.2 Å². The van der Waals surface area contributed by atoms with Crippen LogP contribution in [0.25, 0.3) is 0 Å². The minimum atomic E-state index is -0.517. The highest BCUT2D eigenvalue weighted by atomic mass is 16.5. The topological polar surface area (TPSA) is 191 Å². The summed E-state index contributed by atoms with van der Waals surface area (Å²) >= 11 is 0. The molecule has 0 radical (unpaired) electrons. The Balaban J connectivity index is 1.17. The van der Waals surface area contributed by atoms with E-state index >= 15 is 0 Å². The molecule has 0 spiro atoms. The number of aromatic nitrogens is 6. The van der Waals surface area contributed by atoms with E-state index in [1.54, 1.807) is 23.0 Å². The van der Waals surface area contributed by atoms with Gasteiger partial charge in [-0.3, -0.25) is 4.79 Å². The summed E-state index contributed by atoms with van der Waals surface area (Å²) in [5.41, 5.74) is 8.07. The molecule has 0 saturated carbocycles. The third-order valence-corrected chi connectivity index (χ3v) is 9.26. The van der Waals surface area contributed by atoms with Gasteiger partial charge in [0.2, 0.25) is 23.8 Å². The molecule has 5 rings (SSSR count). The number of nitrogens with zero attached hydrogens (tertiary/aromatic N) is 9. The molecule has 17 nitrogen and oxygen atoms in total. The zero-order valence-corrected chi connectivity index (χ0v) is 30.8. The first-order chi connectivity index (χ1) is 25.9. The molecule has 2 aromatic heterocycles. The number of terminal acetylenes is 1. The lowest BCUT2D eigenvalue weighted by Gasteiger charge is -2.37. The molecule has 1 amide bonds. The minimum absolute atomic E-state index is 0.00260. The van der Waals surface area contributed by atoms with E-state index in [2.05, 4.69) is 45.2 Å². The molecule has 4 heterocycles. The van der Waals surface area contributed by atoms with Crippen LogP contribution in [0.2, 0.25) is 0 Å². The number of hydrogen-bond acceptors (Lipinski definition) is 15. The van der Waals surface area contributed by atoms with Crippen LogP contribution in [-0.4, -0.2) is 145 Å². The molecule has 3 aromatic rings. The van der Waals surface area contributed by atoms with Crippen LogP contribution in [0.3, 0.4) is 0 Å². The lowest BCUT2D eigenvalue weighted by atomic mass is 9.97. The minimum Gasteiger partial charge on any atom is -0.508 e. The van der Waals surface area contributed by atoms with E-state index in [1.165, 1.54) is 0 Å². The average Bonchev–Trinajstić information content (AvgIpc) is 3.68. The second kappa shape index (κ2) is 20.6. The summed E-state index contributed by atoms with van der Waals surface area (Å²) in [7, 11) is 0. The van der Waals surface area contributed by atoms with Crippen LogP contribution >= 0.6 is 0 Å². The molecule has 2 fully saturated rings. The van der Waals surface area contributed by atoms with Gasteiger partial charge in [0.15, 0.2) is 0 Å². The van der Waals surface area contributed by atoms with Crippen molar-refractivity contribution in [2.45, 2.75) is 38.8 Å². The molecular weight excluding hydrogens is 682 g/mol. The Kier molecular flexibility index (Phi) is 15.4. The van der Waals surface area contributed by atoms with Crippen molar-refractivity contribution < 1.29 is 28.8 Å². The fraction of sp³-hybridized carbons (Fsp3) is 0.611. The number of rotatable bonds is 20. The van der Waals surface area contributed by atoms with Gasteiger partial charge in [0, 0.05) is 45.8 Å². The zero-order chi connectivity index (χ0) is 37.4. The maximum atomic E-state index is 14.1. The van der Waals surface area contributed by atoms with Crippen molar-refractivity contribution in [2.75, 3.05) is 114 Å². The molecule has 53 heavy (non-hydrogen) atoms. The summed E-state index contributed by atoms with van der Waals surface area (Å²) in [4.78, 5) is 34.5. The van der Waals surface area contributed by atoms with Crippen LogP contribution in [-0.2, 0) is 30.2 Å². The highest BCUT2D eigenvalue weighted by molar-refractivity contribution is 5.81. The molecule has 288 valence electrons. The number of phenolic OH excluding ortho intramolecular Hbond substituents is 1. The van der Waals surface area contributed by atoms with E-state index in [9.17, 15) is 9.90 Å². The van der Waals surface area contributed by atoms with Gasteiger partial charge in [0.05, 0.1) is 64.2 Å². The van der Waals surface area contributed by atoms with Crippen molar-refractivity contribution in [3.05, 3.63) is 41.7 Å². The Morgan fingerprint density at radius 2 is 1.60 bits per heavy atom. The quantitative estimate of drug-likeness (QED) is 0.111. The Labute approximate surface area is 311 Å². The number of hydrogen-bond donors (Lipinski definition) is 3. The Bertz CT molecular complexity index is 1590. The average molecular weight is 736 g/mol. The first-order valence-corrected chi connectivity index (χ1v) is 18.3. The number of morpholine rings is 1. The second-order valence-corrected chi connectivity index (χ2v) is 13.0. The number of piperazine rings is 1. The molecule has 0 aliphatic carbocycles. The Morgan fingerprint density at radius 1 is 0.962 bits per heavy atom. The molecule has 0 unspecified atom stereocenters. The number of carbonyl (C=O) groups excluding carboxylic acids is 1. The summed E-state index contributed by atoms with van der Waals surface area (Å²) < 4.78 is 23.6. The van der Waals surface area contributed by atoms with Gasteiger partial charge in [0.25, 0.3) is 0 Å². The highest BCUT2D eigenvalue weighted by Gasteiger charge is 2.34. The van der Waals surface area contributed by atoms with E-state index in [0.29, 0.717) is 122 Å². The number of anilines is 3. The molecule has 0 bridgehead atoms. The maximum Gasteiger partial charge on any atom is 0.247 e. The van der Waals surface area contributed by atoms with Crippen LogP contribution in [0.15, 0.2) is 30.5 Å². The van der Waals surface area contributed by atoms with Gasteiger partial charge in [-0.1, -0.05) is 43.5 Å². The van der Waals surface area contributed by atoms with Crippen molar-refractivity contribution in [2.24, 2.45) is 11.7 Å². The van der Waals surface area contributed by atoms with Crippen LogP contribution in [0.4, 0.5) is 17.8 Å². The molecular formula is C36H53N11O6. The van der Waals surface area contributed by atoms with Crippen LogP contribution in [0.5, 0.6) is 5.75 Å². The SMILES string of the molecule is C#CCOCCOCCOCCNc1nc(N2CCOCC2)nc(N2CCN(C(=O)[C@H]([C@@H](C)CC)n3cc([C@@H](N)Cc4ccc(O)cc4)nn3)CC2)n1. The number of phenols is 1. The number of amides is 1. The fourth-order valence-electron chi connectivity index (χ4n) is 6.03. The van der Waals surface area contributed by atoms with E-state index < -0.39 is 12.1 Å². The Morgan fingerprint density at radius 3 is 2.26 bits per heavy atom. The van der Waals surface area contributed by atoms with Crippen LogP contribution < -0.4 is 20.9 Å². The number of carbonyl (C=O) groups is 1. The zero-order valence-electron chi connectivity index (χ0n) is 30.8. The number of ether oxygens (including phenoxy) is 4. The van der Waals surface area contributed by atoms with Crippen molar-refractivity contribution in [1.82, 2.24) is 34.8 Å². The fourth-order valence-corrected chi connectivity index (χ4v) is 6.03. The third-order valence-electron chi connectivity index (χ3n) is 9.26. The molecule has 2 aliphatic rings. The third kappa shape index (κ3) is 11.7. The Hall–Kier alpha value is -4.60. The predicted molar refractivity (Wildman–Crippen MR) is 199 cm³/mol. The van der Waals surface area contributed by atoms with Crippen molar-refractivity contribution in [3.8, 4) is 18.1 Å². The first-order valence-electron chi connectivity index (χ1n) is 18.3. The molecule has 2 aliphatic heterocycles. The van der Waals surface area contributed by atoms with Gasteiger partial charge in [-0.15, -0.1) is 11.5 Å². The van der Waals surface area contributed by atoms with Crippen molar-refractivity contribution in [1.29, 1.82) is 0 Å². The van der Waals surface area contributed by atoms with E-state index in [1.807, 2.05) is 17.0 Å². The second-order valence-electron chi connectivity index (χ2n) is 13.0. The monoisotopic (exact) mass is 735 g/mol. The van der Waals surface area contributed by atoms with Crippen molar-refractivity contribution >= 4 is 23.8 Å². The van der Waals surface area contributed by atoms with Crippen LogP contribution in [0.1, 0.15) is 43.6 Å². The molecule has 3 atom stereocenters. The first kappa shape index (κ1) is 39.6. The van der Waals surface area contributed by atoms with Crippen molar-refractivity contribution in [3.63, 3.8) is 0 Å². The van der Waals surface area contributed by atoms with Crippen LogP contribution in [0, 0.1) is 18.3 Å². The molecule has 4 N–H and O–H groups in total. The van der Waals surface area contributed by atoms with Gasteiger partial charge in [-0.2, -0.15) is 15.0 Å². The lowest BCUT2D eigenvalue weighted by molar-refractivity contribution is -0.137. The van der Waals surface area contributed by atoms with Gasteiger partial charge >= 0.3 is 0 Å². The standard InChI is InChI=1S/C36H53N11O6/c1-4-17-50-21-23-53-24-22-51-18-10-38-34-39-35(41-36(40-34)46-15-19-52-20-16-46)45-13-11-44(12-14-45)33(49)32(27(3)5-2)47-26-31(42-43-47)30(37)25-28-6-8-29(48)9-7-28/h1,6-9,26-27,30,32,48H,5,10-25,37H2,2-3H3,(H,38,39,40,41)/t27-,30-,32-/m0/s1. The highest BCUT2D eigenvalue weighted by Crippen LogP contribution is 2.26. The predicted octanol–water partition coefficient (Wildman–Crippen LogP) is 1.28. The number of nitrogens with one attached hydrogen (secondary N) is 1. The normalized spacial score (nSPS) is 16.6. The summed E-state index contributed by atoms with van der Waals surface area (Å²) in [6.07, 6.45) is 8.27. The lowest BCUT2D eigenvalue weighted by Crippen LogP contribution is -2.52. The van der Waals surface area contributed by atoms with Gasteiger partial charge in [-0.25, -0.2) is 4.68 Å². The largest absolute Gasteiger partial charge is 0.508 e.